The highest BCUT2D eigenvalue weighted by Crippen LogP contribution is 2.51. The lowest BCUT2D eigenvalue weighted by Crippen LogP contribution is -2.48. The highest BCUT2D eigenvalue weighted by molar-refractivity contribution is 4.94. The summed E-state index contributed by atoms with van der Waals surface area (Å²) >= 11 is 0. The van der Waals surface area contributed by atoms with E-state index in [0.29, 0.717) is 24.7 Å². The first-order chi connectivity index (χ1) is 8.84. The Labute approximate surface area is 114 Å². The maximum Gasteiger partial charge on any atom is 0.395 e. The van der Waals surface area contributed by atoms with E-state index in [2.05, 4.69) is 18.7 Å². The molecule has 0 aromatic rings. The zero-order valence-electron chi connectivity index (χ0n) is 12.1. The Morgan fingerprint density at radius 2 is 1.63 bits per heavy atom. The van der Waals surface area contributed by atoms with Crippen LogP contribution in [-0.2, 0) is 0 Å². The molecule has 112 valence electrons. The fourth-order valence-corrected chi connectivity index (χ4v) is 3.79. The van der Waals surface area contributed by atoms with Gasteiger partial charge in [-0.1, -0.05) is 26.7 Å². The average Bonchev–Trinajstić information content (AvgIpc) is 2.79. The first-order valence-electron chi connectivity index (χ1n) is 7.63. The fourth-order valence-electron chi connectivity index (χ4n) is 3.79. The zero-order valence-corrected chi connectivity index (χ0v) is 12.1. The molecule has 0 unspecified atom stereocenters. The molecule has 19 heavy (non-hydrogen) atoms. The summed E-state index contributed by atoms with van der Waals surface area (Å²) in [5.74, 6) is 1.35. The first kappa shape index (κ1) is 15.1. The van der Waals surface area contributed by atoms with Crippen molar-refractivity contribution < 1.29 is 13.2 Å². The Balaban J connectivity index is 1.93. The van der Waals surface area contributed by atoms with Gasteiger partial charge in [-0.2, -0.15) is 13.2 Å². The van der Waals surface area contributed by atoms with Crippen molar-refractivity contribution in [2.45, 2.75) is 58.5 Å². The van der Waals surface area contributed by atoms with Crippen molar-refractivity contribution >= 4 is 0 Å². The number of hydrogen-bond acceptors (Lipinski definition) is 1. The molecule has 0 aromatic heterocycles. The van der Waals surface area contributed by atoms with Gasteiger partial charge in [0.25, 0.3) is 0 Å². The maximum atomic E-state index is 13.3. The molecule has 2 rings (SSSR count). The van der Waals surface area contributed by atoms with Crippen LogP contribution in [0, 0.1) is 17.3 Å². The van der Waals surface area contributed by atoms with Gasteiger partial charge >= 0.3 is 6.18 Å². The fraction of sp³-hybridized carbons (Fsp3) is 1.00. The number of alkyl halides is 3. The molecule has 0 aromatic carbocycles. The standard InChI is InChI=1S/C15H26F3N/c1-12(2)13-5-9-19(10-6-13)11-14(15(16,17)18)7-3-4-8-14/h12-13H,3-11H2,1-2H3. The molecule has 1 heterocycles. The second-order valence-electron chi connectivity index (χ2n) is 6.84. The largest absolute Gasteiger partial charge is 0.395 e. The summed E-state index contributed by atoms with van der Waals surface area (Å²) in [6.07, 6.45) is 0.237. The van der Waals surface area contributed by atoms with Crippen LogP contribution in [0.5, 0.6) is 0 Å². The normalized spacial score (nSPS) is 26.2. The monoisotopic (exact) mass is 277 g/mol. The number of halogens is 3. The molecule has 0 spiro atoms. The quantitative estimate of drug-likeness (QED) is 0.735. The maximum absolute atomic E-state index is 13.3. The minimum Gasteiger partial charge on any atom is -0.302 e. The van der Waals surface area contributed by atoms with Crippen LogP contribution in [-0.4, -0.2) is 30.7 Å². The summed E-state index contributed by atoms with van der Waals surface area (Å²) in [5.41, 5.74) is -1.41. The van der Waals surface area contributed by atoms with Crippen molar-refractivity contribution in [2.24, 2.45) is 17.3 Å². The predicted octanol–water partition coefficient (Wildman–Crippen LogP) is 4.48. The van der Waals surface area contributed by atoms with Crippen molar-refractivity contribution in [1.82, 2.24) is 4.90 Å². The van der Waals surface area contributed by atoms with E-state index in [1.807, 2.05) is 0 Å². The van der Waals surface area contributed by atoms with Crippen LogP contribution in [0.1, 0.15) is 52.4 Å². The van der Waals surface area contributed by atoms with Crippen LogP contribution in [0.15, 0.2) is 0 Å². The van der Waals surface area contributed by atoms with Gasteiger partial charge in [-0.05, 0) is 50.6 Å². The smallest absolute Gasteiger partial charge is 0.302 e. The molecule has 0 amide bonds. The van der Waals surface area contributed by atoms with Crippen LogP contribution in [0.3, 0.4) is 0 Å². The molecule has 0 radical (unpaired) electrons. The van der Waals surface area contributed by atoms with E-state index in [9.17, 15) is 13.2 Å². The molecule has 0 bridgehead atoms. The number of hydrogen-bond donors (Lipinski definition) is 0. The predicted molar refractivity (Wildman–Crippen MR) is 71.0 cm³/mol. The molecule has 2 aliphatic rings. The summed E-state index contributed by atoms with van der Waals surface area (Å²) in [4.78, 5) is 2.07. The van der Waals surface area contributed by atoms with Crippen LogP contribution in [0.25, 0.3) is 0 Å². The molecule has 1 nitrogen and oxygen atoms in total. The van der Waals surface area contributed by atoms with Crippen molar-refractivity contribution in [1.29, 1.82) is 0 Å². The number of rotatable bonds is 3. The van der Waals surface area contributed by atoms with Crippen LogP contribution < -0.4 is 0 Å². The summed E-state index contributed by atoms with van der Waals surface area (Å²) in [5, 5.41) is 0. The molecule has 0 N–H and O–H groups in total. The topological polar surface area (TPSA) is 3.24 Å². The van der Waals surface area contributed by atoms with Gasteiger partial charge in [0, 0.05) is 6.54 Å². The van der Waals surface area contributed by atoms with Crippen molar-refractivity contribution in [3.05, 3.63) is 0 Å². The van der Waals surface area contributed by atoms with Gasteiger partial charge in [0.2, 0.25) is 0 Å². The Kier molecular flexibility index (Phi) is 4.49. The summed E-state index contributed by atoms with van der Waals surface area (Å²) in [6.45, 7) is 6.37. The molecule has 2 fully saturated rings. The summed E-state index contributed by atoms with van der Waals surface area (Å²) in [6, 6.07) is 0. The molecule has 4 heteroatoms. The van der Waals surface area contributed by atoms with Crippen LogP contribution in [0.4, 0.5) is 13.2 Å². The molecule has 0 atom stereocenters. The van der Waals surface area contributed by atoms with E-state index < -0.39 is 11.6 Å². The third-order valence-corrected chi connectivity index (χ3v) is 5.26. The van der Waals surface area contributed by atoms with Gasteiger partial charge in [0.1, 0.15) is 0 Å². The van der Waals surface area contributed by atoms with Gasteiger partial charge in [0.15, 0.2) is 0 Å². The molecule has 1 saturated heterocycles. The third kappa shape index (κ3) is 3.26. The Hall–Kier alpha value is -0.250. The van der Waals surface area contributed by atoms with Gasteiger partial charge < -0.3 is 4.90 Å². The lowest BCUT2D eigenvalue weighted by atomic mass is 9.82. The van der Waals surface area contributed by atoms with E-state index in [1.54, 1.807) is 0 Å². The minimum atomic E-state index is -4.03. The van der Waals surface area contributed by atoms with Crippen LogP contribution >= 0.6 is 0 Å². The number of likely N-dealkylation sites (tertiary alicyclic amines) is 1. The highest BCUT2D eigenvalue weighted by Gasteiger charge is 2.56. The Morgan fingerprint density at radius 1 is 1.11 bits per heavy atom. The van der Waals surface area contributed by atoms with Gasteiger partial charge in [0.05, 0.1) is 5.41 Å². The number of nitrogens with zero attached hydrogens (tertiary/aromatic N) is 1. The average molecular weight is 277 g/mol. The van der Waals surface area contributed by atoms with Gasteiger partial charge in [-0.25, -0.2) is 0 Å². The molecule has 1 aliphatic carbocycles. The van der Waals surface area contributed by atoms with E-state index in [4.69, 9.17) is 0 Å². The van der Waals surface area contributed by atoms with Crippen molar-refractivity contribution in [2.75, 3.05) is 19.6 Å². The first-order valence-corrected chi connectivity index (χ1v) is 7.63. The number of piperidine rings is 1. The molecule has 1 saturated carbocycles. The lowest BCUT2D eigenvalue weighted by molar-refractivity contribution is -0.228. The van der Waals surface area contributed by atoms with Gasteiger partial charge in [-0.15, -0.1) is 0 Å². The van der Waals surface area contributed by atoms with E-state index in [1.165, 1.54) is 0 Å². The highest BCUT2D eigenvalue weighted by atomic mass is 19.4. The Morgan fingerprint density at radius 3 is 2.05 bits per heavy atom. The van der Waals surface area contributed by atoms with Crippen LogP contribution in [0.2, 0.25) is 0 Å². The second-order valence-corrected chi connectivity index (χ2v) is 6.84. The van der Waals surface area contributed by atoms with Crippen molar-refractivity contribution in [3.63, 3.8) is 0 Å². The lowest BCUT2D eigenvalue weighted by Gasteiger charge is -2.40. The van der Waals surface area contributed by atoms with E-state index in [0.717, 1.165) is 38.8 Å². The Bertz CT molecular complexity index is 284. The third-order valence-electron chi connectivity index (χ3n) is 5.26. The minimum absolute atomic E-state index is 0.237. The summed E-state index contributed by atoms with van der Waals surface area (Å²) < 4.78 is 40.0. The SMILES string of the molecule is CC(C)C1CCN(CC2(C(F)(F)F)CCCC2)CC1. The second kappa shape index (κ2) is 5.63. The molecule has 1 aliphatic heterocycles. The van der Waals surface area contributed by atoms with E-state index >= 15 is 0 Å². The molecular formula is C15H26F3N. The summed E-state index contributed by atoms with van der Waals surface area (Å²) in [7, 11) is 0. The van der Waals surface area contributed by atoms with Gasteiger partial charge in [-0.3, -0.25) is 0 Å². The zero-order chi connectivity index (χ0) is 14.1. The van der Waals surface area contributed by atoms with Crippen molar-refractivity contribution in [3.8, 4) is 0 Å². The molecular weight excluding hydrogens is 251 g/mol. The van der Waals surface area contributed by atoms with E-state index in [-0.39, 0.29) is 6.54 Å².